The predicted molar refractivity (Wildman–Crippen MR) is 76.2 cm³/mol. The Bertz CT molecular complexity index is 399. The van der Waals surface area contributed by atoms with Crippen LogP contribution in [0.2, 0.25) is 0 Å². The summed E-state index contributed by atoms with van der Waals surface area (Å²) in [4.78, 5) is 9.16. The summed E-state index contributed by atoms with van der Waals surface area (Å²) in [6.45, 7) is 8.63. The molecule has 1 aromatic heterocycles. The molecular formula is C14H23N3O2. The Morgan fingerprint density at radius 2 is 2.26 bits per heavy atom. The minimum atomic E-state index is -0.579. The lowest BCUT2D eigenvalue weighted by molar-refractivity contribution is 0.0373. The van der Waals surface area contributed by atoms with E-state index < -0.39 is 6.10 Å². The quantitative estimate of drug-likeness (QED) is 0.605. The van der Waals surface area contributed by atoms with Crippen molar-refractivity contribution in [2.75, 3.05) is 13.2 Å². The van der Waals surface area contributed by atoms with E-state index in [0.717, 1.165) is 11.3 Å². The van der Waals surface area contributed by atoms with Crippen LogP contribution in [0, 0.1) is 0 Å². The molecular weight excluding hydrogens is 242 g/mol. The number of pyridine rings is 1. The number of hydrogen-bond donors (Lipinski definition) is 2. The smallest absolute Gasteiger partial charge is 0.144 e. The average molecular weight is 265 g/mol. The normalized spacial score (nSPS) is 14.3. The second kappa shape index (κ2) is 7.21. The first kappa shape index (κ1) is 15.6. The topological polar surface area (TPSA) is 66.7 Å². The third-order valence-corrected chi connectivity index (χ3v) is 2.42. The number of aromatic nitrogens is 1. The first-order chi connectivity index (χ1) is 8.88. The number of oxime groups is 1. The molecule has 2 N–H and O–H groups in total. The Morgan fingerprint density at radius 3 is 2.84 bits per heavy atom. The van der Waals surface area contributed by atoms with Gasteiger partial charge < -0.3 is 15.3 Å². The van der Waals surface area contributed by atoms with Crippen LogP contribution in [0.5, 0.6) is 0 Å². The number of rotatable bonds is 6. The number of aliphatic hydroxyl groups is 1. The molecule has 5 heteroatoms. The molecule has 19 heavy (non-hydrogen) atoms. The Balaban J connectivity index is 2.33. The summed E-state index contributed by atoms with van der Waals surface area (Å²) < 4.78 is 0. The number of nitrogens with one attached hydrogen (secondary N) is 1. The standard InChI is InChI=1S/C14H23N3O2/c1-11(12-6-5-7-15-8-12)17-19-10-13(18)9-16-14(2,3)4/h5-8,13,16,18H,9-10H2,1-4H3/b17-11+. The summed E-state index contributed by atoms with van der Waals surface area (Å²) in [5, 5.41) is 16.9. The van der Waals surface area contributed by atoms with Crippen molar-refractivity contribution < 1.29 is 9.94 Å². The number of nitrogens with zero attached hydrogens (tertiary/aromatic N) is 2. The van der Waals surface area contributed by atoms with Crippen molar-refractivity contribution in [3.8, 4) is 0 Å². The minimum Gasteiger partial charge on any atom is -0.393 e. The van der Waals surface area contributed by atoms with Crippen molar-refractivity contribution in [2.24, 2.45) is 5.16 Å². The van der Waals surface area contributed by atoms with Gasteiger partial charge in [0.05, 0.1) is 5.71 Å². The SMILES string of the molecule is C/C(=N\OCC(O)CNC(C)(C)C)c1cccnc1. The molecule has 1 heterocycles. The molecule has 106 valence electrons. The van der Waals surface area contributed by atoms with Crippen LogP contribution >= 0.6 is 0 Å². The molecule has 0 saturated heterocycles. The molecule has 5 nitrogen and oxygen atoms in total. The molecule has 0 aliphatic rings. The molecule has 1 unspecified atom stereocenters. The predicted octanol–water partition coefficient (Wildman–Crippen LogP) is 1.57. The monoisotopic (exact) mass is 265 g/mol. The van der Waals surface area contributed by atoms with Crippen molar-refractivity contribution in [3.63, 3.8) is 0 Å². The van der Waals surface area contributed by atoms with Crippen LogP contribution in [-0.4, -0.2) is 40.6 Å². The molecule has 0 aliphatic heterocycles. The highest BCUT2D eigenvalue weighted by Gasteiger charge is 2.12. The van der Waals surface area contributed by atoms with Gasteiger partial charge in [-0.05, 0) is 39.8 Å². The molecule has 0 fully saturated rings. The second-order valence-electron chi connectivity index (χ2n) is 5.50. The first-order valence-electron chi connectivity index (χ1n) is 6.38. The lowest BCUT2D eigenvalue weighted by Crippen LogP contribution is -2.42. The van der Waals surface area contributed by atoms with Gasteiger partial charge in [0.1, 0.15) is 12.7 Å². The fraction of sp³-hybridized carbons (Fsp3) is 0.571. The van der Waals surface area contributed by atoms with Crippen molar-refractivity contribution in [2.45, 2.75) is 39.3 Å². The summed E-state index contributed by atoms with van der Waals surface area (Å²) in [6, 6.07) is 3.75. The van der Waals surface area contributed by atoms with E-state index >= 15 is 0 Å². The highest BCUT2D eigenvalue weighted by molar-refractivity contribution is 5.97. The summed E-state index contributed by atoms with van der Waals surface area (Å²) in [7, 11) is 0. The highest BCUT2D eigenvalue weighted by Crippen LogP contribution is 2.00. The van der Waals surface area contributed by atoms with E-state index in [9.17, 15) is 5.11 Å². The van der Waals surface area contributed by atoms with E-state index in [0.29, 0.717) is 6.54 Å². The lowest BCUT2D eigenvalue weighted by Gasteiger charge is -2.22. The summed E-state index contributed by atoms with van der Waals surface area (Å²) in [5.41, 5.74) is 1.63. The van der Waals surface area contributed by atoms with E-state index in [2.05, 4.69) is 15.5 Å². The zero-order valence-corrected chi connectivity index (χ0v) is 12.1. The lowest BCUT2D eigenvalue weighted by atomic mass is 10.1. The molecule has 0 aliphatic carbocycles. The van der Waals surface area contributed by atoms with Crippen molar-refractivity contribution >= 4 is 5.71 Å². The van der Waals surface area contributed by atoms with Gasteiger partial charge in [0, 0.05) is 30.0 Å². The van der Waals surface area contributed by atoms with Gasteiger partial charge in [0.25, 0.3) is 0 Å². The third kappa shape index (κ3) is 6.88. The van der Waals surface area contributed by atoms with Crippen LogP contribution in [0.15, 0.2) is 29.7 Å². The van der Waals surface area contributed by atoms with E-state index in [1.807, 2.05) is 39.8 Å². The molecule has 0 amide bonds. The van der Waals surface area contributed by atoms with Gasteiger partial charge in [-0.1, -0.05) is 5.16 Å². The Morgan fingerprint density at radius 1 is 1.53 bits per heavy atom. The second-order valence-corrected chi connectivity index (χ2v) is 5.50. The molecule has 0 bridgehead atoms. The molecule has 1 atom stereocenters. The van der Waals surface area contributed by atoms with Gasteiger partial charge >= 0.3 is 0 Å². The molecule has 0 aromatic carbocycles. The van der Waals surface area contributed by atoms with Crippen molar-refractivity contribution in [1.82, 2.24) is 10.3 Å². The fourth-order valence-corrected chi connectivity index (χ4v) is 1.33. The van der Waals surface area contributed by atoms with Gasteiger partial charge in [-0.3, -0.25) is 4.98 Å². The average Bonchev–Trinajstić information content (AvgIpc) is 2.36. The Labute approximate surface area is 114 Å². The van der Waals surface area contributed by atoms with Crippen molar-refractivity contribution in [1.29, 1.82) is 0 Å². The van der Waals surface area contributed by atoms with Gasteiger partial charge in [-0.2, -0.15) is 0 Å². The molecule has 1 rings (SSSR count). The zero-order chi connectivity index (χ0) is 14.3. The van der Waals surface area contributed by atoms with Gasteiger partial charge in [-0.15, -0.1) is 0 Å². The Hall–Kier alpha value is -1.46. The van der Waals surface area contributed by atoms with Gasteiger partial charge in [0.2, 0.25) is 0 Å². The summed E-state index contributed by atoms with van der Waals surface area (Å²) in [6.07, 6.45) is 2.85. The van der Waals surface area contributed by atoms with Crippen LogP contribution in [0.1, 0.15) is 33.3 Å². The van der Waals surface area contributed by atoms with E-state index in [1.54, 1.807) is 12.4 Å². The van der Waals surface area contributed by atoms with Crippen LogP contribution in [0.25, 0.3) is 0 Å². The molecule has 0 radical (unpaired) electrons. The molecule has 0 spiro atoms. The van der Waals surface area contributed by atoms with E-state index in [1.165, 1.54) is 0 Å². The maximum Gasteiger partial charge on any atom is 0.144 e. The summed E-state index contributed by atoms with van der Waals surface area (Å²) in [5.74, 6) is 0. The van der Waals surface area contributed by atoms with Gasteiger partial charge in [-0.25, -0.2) is 0 Å². The number of β-amino-alcohol motifs (C(OH)–C–C–N with tert-alkyl or cyclic N) is 1. The van der Waals surface area contributed by atoms with E-state index in [4.69, 9.17) is 4.84 Å². The summed E-state index contributed by atoms with van der Waals surface area (Å²) >= 11 is 0. The van der Waals surface area contributed by atoms with Gasteiger partial charge in [0.15, 0.2) is 0 Å². The minimum absolute atomic E-state index is 0.0180. The van der Waals surface area contributed by atoms with Crippen LogP contribution in [0.4, 0.5) is 0 Å². The maximum atomic E-state index is 9.73. The number of aliphatic hydroxyl groups excluding tert-OH is 1. The Kier molecular flexibility index (Phi) is 5.92. The third-order valence-electron chi connectivity index (χ3n) is 2.42. The molecule has 1 aromatic rings. The molecule has 0 saturated carbocycles. The first-order valence-corrected chi connectivity index (χ1v) is 6.38. The van der Waals surface area contributed by atoms with Crippen molar-refractivity contribution in [3.05, 3.63) is 30.1 Å². The largest absolute Gasteiger partial charge is 0.393 e. The zero-order valence-electron chi connectivity index (χ0n) is 12.1. The van der Waals surface area contributed by atoms with Crippen LogP contribution in [0.3, 0.4) is 0 Å². The number of hydrogen-bond acceptors (Lipinski definition) is 5. The van der Waals surface area contributed by atoms with E-state index in [-0.39, 0.29) is 12.1 Å². The van der Waals surface area contributed by atoms with Crippen LogP contribution < -0.4 is 5.32 Å². The highest BCUT2D eigenvalue weighted by atomic mass is 16.6. The maximum absolute atomic E-state index is 9.73. The fourth-order valence-electron chi connectivity index (χ4n) is 1.33. The van der Waals surface area contributed by atoms with Crippen LogP contribution in [-0.2, 0) is 4.84 Å².